The molecule has 0 aliphatic carbocycles. The molecule has 0 spiro atoms. The predicted octanol–water partition coefficient (Wildman–Crippen LogP) is 2.78. The van der Waals surface area contributed by atoms with Gasteiger partial charge in [0, 0.05) is 11.6 Å². The highest BCUT2D eigenvalue weighted by Gasteiger charge is 2.10. The zero-order chi connectivity index (χ0) is 12.7. The Morgan fingerprint density at radius 2 is 1.94 bits per heavy atom. The molecular weight excluding hydrogens is 238 g/mol. The van der Waals surface area contributed by atoms with Gasteiger partial charge in [0.2, 0.25) is 0 Å². The van der Waals surface area contributed by atoms with Gasteiger partial charge in [-0.2, -0.15) is 0 Å². The molecule has 0 aliphatic rings. The van der Waals surface area contributed by atoms with E-state index in [-0.39, 0.29) is 12.2 Å². The quantitative estimate of drug-likeness (QED) is 0.764. The van der Waals surface area contributed by atoms with Gasteiger partial charge in [0.15, 0.2) is 0 Å². The fourth-order valence-electron chi connectivity index (χ4n) is 1.48. The molecule has 0 saturated heterocycles. The van der Waals surface area contributed by atoms with Crippen LogP contribution in [0.5, 0.6) is 0 Å². The zero-order valence-electron chi connectivity index (χ0n) is 10.4. The molecule has 1 unspecified atom stereocenters. The minimum Gasteiger partial charge on any atom is -0.376 e. The lowest BCUT2D eigenvalue weighted by molar-refractivity contribution is -0.0104. The van der Waals surface area contributed by atoms with Crippen LogP contribution in [0.3, 0.4) is 0 Å². The highest BCUT2D eigenvalue weighted by atomic mass is 35.5. The summed E-state index contributed by atoms with van der Waals surface area (Å²) >= 11 is 5.93. The first-order valence-corrected chi connectivity index (χ1v) is 6.20. The van der Waals surface area contributed by atoms with E-state index in [1.165, 1.54) is 0 Å². The Morgan fingerprint density at radius 3 is 2.53 bits per heavy atom. The lowest BCUT2D eigenvalue weighted by Gasteiger charge is -2.17. The van der Waals surface area contributed by atoms with Crippen LogP contribution in [0.2, 0.25) is 5.02 Å². The van der Waals surface area contributed by atoms with Crippen molar-refractivity contribution in [2.24, 2.45) is 5.73 Å². The molecule has 0 heterocycles. The van der Waals surface area contributed by atoms with E-state index in [4.69, 9.17) is 26.8 Å². The van der Waals surface area contributed by atoms with Crippen molar-refractivity contribution in [1.29, 1.82) is 0 Å². The minimum absolute atomic E-state index is 0.121. The van der Waals surface area contributed by atoms with E-state index in [1.807, 2.05) is 38.1 Å². The average molecular weight is 258 g/mol. The second-order valence-corrected chi connectivity index (χ2v) is 4.51. The summed E-state index contributed by atoms with van der Waals surface area (Å²) in [5.41, 5.74) is 6.69. The van der Waals surface area contributed by atoms with Crippen LogP contribution in [0.4, 0.5) is 0 Å². The second-order valence-electron chi connectivity index (χ2n) is 4.07. The predicted molar refractivity (Wildman–Crippen MR) is 70.3 cm³/mol. The third-order valence-corrected chi connectivity index (χ3v) is 2.52. The third-order valence-electron chi connectivity index (χ3n) is 2.29. The van der Waals surface area contributed by atoms with E-state index < -0.39 is 0 Å². The van der Waals surface area contributed by atoms with Crippen molar-refractivity contribution in [2.45, 2.75) is 26.1 Å². The number of hydrogen-bond acceptors (Lipinski definition) is 3. The maximum absolute atomic E-state index is 5.93. The van der Waals surface area contributed by atoms with E-state index in [0.717, 1.165) is 5.56 Å². The van der Waals surface area contributed by atoms with E-state index >= 15 is 0 Å². The van der Waals surface area contributed by atoms with Crippen LogP contribution in [0.15, 0.2) is 24.3 Å². The van der Waals surface area contributed by atoms with Crippen LogP contribution in [-0.2, 0) is 9.47 Å². The van der Waals surface area contributed by atoms with Gasteiger partial charge in [-0.3, -0.25) is 0 Å². The van der Waals surface area contributed by atoms with E-state index in [0.29, 0.717) is 24.8 Å². The van der Waals surface area contributed by atoms with Crippen LogP contribution in [0, 0.1) is 0 Å². The van der Waals surface area contributed by atoms with Crippen LogP contribution in [-0.4, -0.2) is 25.9 Å². The Balaban J connectivity index is 2.43. The summed E-state index contributed by atoms with van der Waals surface area (Å²) in [5.74, 6) is 0. The van der Waals surface area contributed by atoms with Gasteiger partial charge in [0.25, 0.3) is 0 Å². The Hall–Kier alpha value is -0.610. The topological polar surface area (TPSA) is 44.5 Å². The standard InChI is InChI=1S/C13H20ClNO2/c1-10(2)16-6-7-17-13(9-15)11-4-3-5-12(14)8-11/h3-5,8,10,13H,6-7,9,15H2,1-2H3. The third kappa shape index (κ3) is 5.50. The molecular formula is C13H20ClNO2. The zero-order valence-corrected chi connectivity index (χ0v) is 11.1. The molecule has 0 saturated carbocycles. The summed E-state index contributed by atoms with van der Waals surface area (Å²) in [5, 5.41) is 0.697. The van der Waals surface area contributed by atoms with E-state index in [9.17, 15) is 0 Å². The smallest absolute Gasteiger partial charge is 0.0948 e. The van der Waals surface area contributed by atoms with Crippen molar-refractivity contribution >= 4 is 11.6 Å². The van der Waals surface area contributed by atoms with E-state index in [1.54, 1.807) is 0 Å². The summed E-state index contributed by atoms with van der Waals surface area (Å²) in [6.45, 7) is 5.54. The number of nitrogens with two attached hydrogens (primary N) is 1. The molecule has 0 amide bonds. The van der Waals surface area contributed by atoms with Gasteiger partial charge in [-0.15, -0.1) is 0 Å². The molecule has 2 N–H and O–H groups in total. The monoisotopic (exact) mass is 257 g/mol. The summed E-state index contributed by atoms with van der Waals surface area (Å²) < 4.78 is 11.1. The number of rotatable bonds is 7. The second kappa shape index (κ2) is 7.67. The Kier molecular flexibility index (Phi) is 6.52. The van der Waals surface area contributed by atoms with Crippen molar-refractivity contribution in [3.8, 4) is 0 Å². The molecule has 0 aromatic heterocycles. The Labute approximate surface area is 108 Å². The fraction of sp³-hybridized carbons (Fsp3) is 0.538. The van der Waals surface area contributed by atoms with Crippen LogP contribution < -0.4 is 5.73 Å². The molecule has 4 heteroatoms. The Bertz CT molecular complexity index is 331. The average Bonchev–Trinajstić information content (AvgIpc) is 2.29. The molecule has 17 heavy (non-hydrogen) atoms. The van der Waals surface area contributed by atoms with Crippen LogP contribution >= 0.6 is 11.6 Å². The van der Waals surface area contributed by atoms with Gasteiger partial charge in [-0.1, -0.05) is 23.7 Å². The maximum Gasteiger partial charge on any atom is 0.0948 e. The van der Waals surface area contributed by atoms with Crippen LogP contribution in [0.1, 0.15) is 25.5 Å². The molecule has 0 radical (unpaired) electrons. The van der Waals surface area contributed by atoms with Gasteiger partial charge >= 0.3 is 0 Å². The molecule has 96 valence electrons. The number of benzene rings is 1. The molecule has 0 bridgehead atoms. The molecule has 1 aromatic rings. The van der Waals surface area contributed by atoms with Crippen LogP contribution in [0.25, 0.3) is 0 Å². The first-order chi connectivity index (χ1) is 8.13. The largest absolute Gasteiger partial charge is 0.376 e. The van der Waals surface area contributed by atoms with Gasteiger partial charge in [0.1, 0.15) is 0 Å². The highest BCUT2D eigenvalue weighted by Crippen LogP contribution is 2.19. The SMILES string of the molecule is CC(C)OCCOC(CN)c1cccc(Cl)c1. The van der Waals surface area contributed by atoms with E-state index in [2.05, 4.69) is 0 Å². The summed E-state index contributed by atoms with van der Waals surface area (Å²) in [4.78, 5) is 0. The summed E-state index contributed by atoms with van der Waals surface area (Å²) in [6, 6.07) is 7.57. The van der Waals surface area contributed by atoms with Crippen molar-refractivity contribution in [3.63, 3.8) is 0 Å². The lowest BCUT2D eigenvalue weighted by Crippen LogP contribution is -2.19. The van der Waals surface area contributed by atoms with Gasteiger partial charge in [-0.25, -0.2) is 0 Å². The molecule has 3 nitrogen and oxygen atoms in total. The number of ether oxygens (including phenoxy) is 2. The van der Waals surface area contributed by atoms with Crippen molar-refractivity contribution in [2.75, 3.05) is 19.8 Å². The maximum atomic E-state index is 5.93. The van der Waals surface area contributed by atoms with Crippen molar-refractivity contribution in [3.05, 3.63) is 34.9 Å². The molecule has 1 atom stereocenters. The van der Waals surface area contributed by atoms with Crippen molar-refractivity contribution in [1.82, 2.24) is 0 Å². The highest BCUT2D eigenvalue weighted by molar-refractivity contribution is 6.30. The molecule has 1 rings (SSSR count). The summed E-state index contributed by atoms with van der Waals surface area (Å²) in [6.07, 6.45) is 0.102. The normalized spacial score (nSPS) is 13.0. The molecule has 0 fully saturated rings. The summed E-state index contributed by atoms with van der Waals surface area (Å²) in [7, 11) is 0. The first kappa shape index (κ1) is 14.5. The number of halogens is 1. The van der Waals surface area contributed by atoms with Crippen molar-refractivity contribution < 1.29 is 9.47 Å². The first-order valence-electron chi connectivity index (χ1n) is 5.82. The fourth-order valence-corrected chi connectivity index (χ4v) is 1.68. The lowest BCUT2D eigenvalue weighted by atomic mass is 10.1. The molecule has 0 aliphatic heterocycles. The van der Waals surface area contributed by atoms with Gasteiger partial charge in [0.05, 0.1) is 25.4 Å². The van der Waals surface area contributed by atoms with Gasteiger partial charge < -0.3 is 15.2 Å². The minimum atomic E-state index is -0.121. The Morgan fingerprint density at radius 1 is 1.24 bits per heavy atom. The number of hydrogen-bond donors (Lipinski definition) is 1. The molecule has 1 aromatic carbocycles. The van der Waals surface area contributed by atoms with Gasteiger partial charge in [-0.05, 0) is 31.5 Å².